The molecule has 0 bridgehead atoms. The van der Waals surface area contributed by atoms with E-state index in [1.807, 2.05) is 32.9 Å². The number of carbonyl (C=O) groups excluding carboxylic acids is 1. The van der Waals surface area contributed by atoms with Crippen molar-refractivity contribution in [2.24, 2.45) is 0 Å². The van der Waals surface area contributed by atoms with Gasteiger partial charge in [-0.2, -0.15) is 5.10 Å². The lowest BCUT2D eigenvalue weighted by Gasteiger charge is -2.27. The maximum Gasteiger partial charge on any atom is 0.319 e. The largest absolute Gasteiger partial charge is 0.378 e. The Balaban J connectivity index is 1.57. The molecule has 1 fully saturated rings. The fraction of sp³-hybridized carbons (Fsp3) is 0.471. The van der Waals surface area contributed by atoms with Gasteiger partial charge in [-0.1, -0.05) is 0 Å². The number of morpholine rings is 1. The minimum Gasteiger partial charge on any atom is -0.378 e. The summed E-state index contributed by atoms with van der Waals surface area (Å²) >= 11 is 0. The van der Waals surface area contributed by atoms with Crippen LogP contribution >= 0.6 is 0 Å². The van der Waals surface area contributed by atoms with E-state index in [-0.39, 0.29) is 12.1 Å². The van der Waals surface area contributed by atoms with E-state index >= 15 is 0 Å². The molecule has 0 aliphatic carbocycles. The molecule has 2 aromatic heterocycles. The summed E-state index contributed by atoms with van der Waals surface area (Å²) in [5.74, 6) is 0.896. The summed E-state index contributed by atoms with van der Waals surface area (Å²) < 4.78 is 5.34. The molecule has 3 rings (SSSR count). The Morgan fingerprint density at radius 3 is 2.68 bits per heavy atom. The number of H-pyrrole nitrogens is 1. The van der Waals surface area contributed by atoms with Gasteiger partial charge < -0.3 is 20.3 Å². The quantitative estimate of drug-likeness (QED) is 0.790. The molecule has 0 spiro atoms. The standard InChI is InChI=1S/C17H24N6O2/c1-11(16-12(2)21-22-13(16)3)19-17(24)20-14-4-5-15(18-10-14)23-6-8-25-9-7-23/h4-5,10-11H,6-9H2,1-3H3,(H,21,22)(H2,19,20,24). The number of nitrogens with zero attached hydrogens (tertiary/aromatic N) is 3. The number of nitrogens with one attached hydrogen (secondary N) is 3. The second-order valence-electron chi connectivity index (χ2n) is 6.17. The van der Waals surface area contributed by atoms with E-state index in [0.717, 1.165) is 49.1 Å². The van der Waals surface area contributed by atoms with Crippen molar-refractivity contribution in [2.45, 2.75) is 26.8 Å². The first-order chi connectivity index (χ1) is 12.0. The van der Waals surface area contributed by atoms with Gasteiger partial charge in [-0.25, -0.2) is 9.78 Å². The highest BCUT2D eigenvalue weighted by molar-refractivity contribution is 5.89. The normalized spacial score (nSPS) is 15.7. The van der Waals surface area contributed by atoms with E-state index in [1.165, 1.54) is 0 Å². The van der Waals surface area contributed by atoms with Gasteiger partial charge >= 0.3 is 6.03 Å². The number of anilines is 2. The first-order valence-electron chi connectivity index (χ1n) is 8.42. The van der Waals surface area contributed by atoms with Crippen molar-refractivity contribution in [3.8, 4) is 0 Å². The summed E-state index contributed by atoms with van der Waals surface area (Å²) in [7, 11) is 0. The molecule has 1 saturated heterocycles. The molecule has 1 aliphatic rings. The molecule has 3 heterocycles. The number of carbonyl (C=O) groups is 1. The van der Waals surface area contributed by atoms with Gasteiger partial charge in [-0.15, -0.1) is 0 Å². The molecule has 2 amide bonds. The van der Waals surface area contributed by atoms with Crippen molar-refractivity contribution >= 4 is 17.5 Å². The molecule has 2 aromatic rings. The van der Waals surface area contributed by atoms with Crippen LogP contribution in [0.5, 0.6) is 0 Å². The Morgan fingerprint density at radius 1 is 1.32 bits per heavy atom. The zero-order valence-corrected chi connectivity index (χ0v) is 14.8. The van der Waals surface area contributed by atoms with E-state index in [4.69, 9.17) is 4.74 Å². The van der Waals surface area contributed by atoms with Crippen LogP contribution in [0.25, 0.3) is 0 Å². The third-order valence-electron chi connectivity index (χ3n) is 4.31. The molecule has 0 saturated carbocycles. The number of hydrogen-bond acceptors (Lipinski definition) is 5. The van der Waals surface area contributed by atoms with Crippen LogP contribution in [0.1, 0.15) is 29.9 Å². The van der Waals surface area contributed by atoms with Crippen LogP contribution in [0.4, 0.5) is 16.3 Å². The molecule has 1 atom stereocenters. The van der Waals surface area contributed by atoms with Crippen LogP contribution in [0.2, 0.25) is 0 Å². The van der Waals surface area contributed by atoms with E-state index in [9.17, 15) is 4.79 Å². The summed E-state index contributed by atoms with van der Waals surface area (Å²) in [5, 5.41) is 12.8. The maximum absolute atomic E-state index is 12.2. The number of aromatic amines is 1. The molecule has 25 heavy (non-hydrogen) atoms. The maximum atomic E-state index is 12.2. The first kappa shape index (κ1) is 17.2. The van der Waals surface area contributed by atoms with Crippen molar-refractivity contribution in [3.05, 3.63) is 35.3 Å². The molecule has 1 aliphatic heterocycles. The number of pyridine rings is 1. The van der Waals surface area contributed by atoms with Gasteiger partial charge in [0.1, 0.15) is 5.82 Å². The Kier molecular flexibility index (Phi) is 5.18. The van der Waals surface area contributed by atoms with Gasteiger partial charge in [-0.3, -0.25) is 5.10 Å². The number of amides is 2. The fourth-order valence-corrected chi connectivity index (χ4v) is 3.07. The van der Waals surface area contributed by atoms with Crippen molar-refractivity contribution in [1.29, 1.82) is 0 Å². The van der Waals surface area contributed by atoms with Crippen LogP contribution in [-0.4, -0.2) is 47.5 Å². The van der Waals surface area contributed by atoms with Gasteiger partial charge in [0.15, 0.2) is 0 Å². The van der Waals surface area contributed by atoms with E-state index < -0.39 is 0 Å². The summed E-state index contributed by atoms with van der Waals surface area (Å²) in [6.45, 7) is 8.90. The number of urea groups is 1. The highest BCUT2D eigenvalue weighted by Gasteiger charge is 2.17. The molecule has 1 unspecified atom stereocenters. The Hall–Kier alpha value is -2.61. The first-order valence-corrected chi connectivity index (χ1v) is 8.42. The highest BCUT2D eigenvalue weighted by Crippen LogP contribution is 2.19. The van der Waals surface area contributed by atoms with Gasteiger partial charge in [0.25, 0.3) is 0 Å². The zero-order chi connectivity index (χ0) is 17.8. The lowest BCUT2D eigenvalue weighted by Crippen LogP contribution is -2.36. The van der Waals surface area contributed by atoms with Gasteiger partial charge in [-0.05, 0) is 32.9 Å². The predicted octanol–water partition coefficient (Wildman–Crippen LogP) is 2.14. The van der Waals surface area contributed by atoms with Crippen molar-refractivity contribution < 1.29 is 9.53 Å². The van der Waals surface area contributed by atoms with Crippen molar-refractivity contribution in [2.75, 3.05) is 36.5 Å². The Labute approximate surface area is 147 Å². The van der Waals surface area contributed by atoms with Gasteiger partial charge in [0, 0.05) is 24.3 Å². The molecule has 8 heteroatoms. The minimum atomic E-state index is -0.270. The average Bonchev–Trinajstić information content (AvgIpc) is 2.95. The molecule has 0 radical (unpaired) electrons. The molecular formula is C17H24N6O2. The Morgan fingerprint density at radius 2 is 2.08 bits per heavy atom. The van der Waals surface area contributed by atoms with Crippen LogP contribution in [-0.2, 0) is 4.74 Å². The fourth-order valence-electron chi connectivity index (χ4n) is 3.07. The zero-order valence-electron chi connectivity index (χ0n) is 14.8. The lowest BCUT2D eigenvalue weighted by molar-refractivity contribution is 0.122. The second kappa shape index (κ2) is 7.52. The molecule has 134 valence electrons. The van der Waals surface area contributed by atoms with Crippen LogP contribution in [0.3, 0.4) is 0 Å². The Bertz CT molecular complexity index is 702. The van der Waals surface area contributed by atoms with E-state index in [0.29, 0.717) is 5.69 Å². The van der Waals surface area contributed by atoms with Crippen LogP contribution in [0, 0.1) is 13.8 Å². The van der Waals surface area contributed by atoms with Crippen LogP contribution < -0.4 is 15.5 Å². The van der Waals surface area contributed by atoms with E-state index in [1.54, 1.807) is 6.20 Å². The highest BCUT2D eigenvalue weighted by atomic mass is 16.5. The van der Waals surface area contributed by atoms with E-state index in [2.05, 4.69) is 30.7 Å². The third kappa shape index (κ3) is 4.08. The molecular weight excluding hydrogens is 320 g/mol. The number of aromatic nitrogens is 3. The summed E-state index contributed by atoms with van der Waals surface area (Å²) in [4.78, 5) is 18.8. The average molecular weight is 344 g/mol. The number of ether oxygens (including phenoxy) is 1. The smallest absolute Gasteiger partial charge is 0.319 e. The van der Waals surface area contributed by atoms with Gasteiger partial charge in [0.2, 0.25) is 0 Å². The predicted molar refractivity (Wildman–Crippen MR) is 95.9 cm³/mol. The third-order valence-corrected chi connectivity index (χ3v) is 4.31. The number of aryl methyl sites for hydroxylation is 2. The lowest BCUT2D eigenvalue weighted by atomic mass is 10.1. The second-order valence-corrected chi connectivity index (χ2v) is 6.17. The molecule has 0 aromatic carbocycles. The molecule has 3 N–H and O–H groups in total. The van der Waals surface area contributed by atoms with Crippen molar-refractivity contribution in [3.63, 3.8) is 0 Å². The number of rotatable bonds is 4. The van der Waals surface area contributed by atoms with Crippen LogP contribution in [0.15, 0.2) is 18.3 Å². The summed E-state index contributed by atoms with van der Waals surface area (Å²) in [6, 6.07) is 3.36. The summed E-state index contributed by atoms with van der Waals surface area (Å²) in [6.07, 6.45) is 1.67. The van der Waals surface area contributed by atoms with Crippen molar-refractivity contribution in [1.82, 2.24) is 20.5 Å². The minimum absolute atomic E-state index is 0.140. The summed E-state index contributed by atoms with van der Waals surface area (Å²) in [5.41, 5.74) is 3.52. The SMILES string of the molecule is Cc1n[nH]c(C)c1C(C)NC(=O)Nc1ccc(N2CCOCC2)nc1. The monoisotopic (exact) mass is 344 g/mol. The topological polar surface area (TPSA) is 95.2 Å². The molecule has 8 nitrogen and oxygen atoms in total. The van der Waals surface area contributed by atoms with Gasteiger partial charge in [0.05, 0.1) is 36.8 Å². The number of hydrogen-bond donors (Lipinski definition) is 3.